The molecule has 1 aliphatic carbocycles. The number of amides is 1. The first-order valence-electron chi connectivity index (χ1n) is 9.28. The molecule has 8 heteroatoms. The zero-order valence-corrected chi connectivity index (χ0v) is 20.1. The zero-order valence-electron chi connectivity index (χ0n) is 16.1. The van der Waals surface area contributed by atoms with Gasteiger partial charge in [-0.05, 0) is 72.3 Å². The Hall–Kier alpha value is -1.64. The minimum absolute atomic E-state index is 0.300. The molecule has 154 valence electrons. The number of hydrogen-bond acceptors (Lipinski definition) is 5. The number of rotatable bonds is 6. The van der Waals surface area contributed by atoms with Gasteiger partial charge in [-0.3, -0.25) is 4.79 Å². The van der Waals surface area contributed by atoms with Gasteiger partial charge in [0.2, 0.25) is 5.91 Å². The smallest absolute Gasteiger partial charge is 0.341 e. The van der Waals surface area contributed by atoms with Gasteiger partial charge in [-0.15, -0.1) is 11.3 Å². The van der Waals surface area contributed by atoms with Gasteiger partial charge in [0.15, 0.2) is 0 Å². The summed E-state index contributed by atoms with van der Waals surface area (Å²) in [6, 6.07) is 3.74. The van der Waals surface area contributed by atoms with E-state index in [1.807, 2.05) is 12.1 Å². The van der Waals surface area contributed by atoms with Crippen molar-refractivity contribution in [2.24, 2.45) is 0 Å². The number of fused-ring (bicyclic) bond motifs is 1. The van der Waals surface area contributed by atoms with Crippen LogP contribution in [0.15, 0.2) is 27.2 Å². The fourth-order valence-corrected chi connectivity index (χ4v) is 6.01. The predicted octanol–water partition coefficient (Wildman–Crippen LogP) is 5.99. The molecule has 29 heavy (non-hydrogen) atoms. The fourth-order valence-electron chi connectivity index (χ4n) is 3.31. The number of esters is 1. The summed E-state index contributed by atoms with van der Waals surface area (Å²) in [4.78, 5) is 26.3. The van der Waals surface area contributed by atoms with Gasteiger partial charge in [0.25, 0.3) is 0 Å². The SMILES string of the molecule is CCOC(=O)c1c(NC(=O)/C=C\c2cc(Br)cc(Br)c2OC)sc2c1CCCC2. The highest BCUT2D eigenvalue weighted by molar-refractivity contribution is 9.11. The molecule has 0 unspecified atom stereocenters. The Bertz CT molecular complexity index is 968. The normalized spacial score (nSPS) is 13.2. The molecule has 1 aromatic carbocycles. The van der Waals surface area contributed by atoms with Crippen molar-refractivity contribution >= 4 is 66.2 Å². The second-order valence-electron chi connectivity index (χ2n) is 6.47. The predicted molar refractivity (Wildman–Crippen MR) is 123 cm³/mol. The first-order valence-corrected chi connectivity index (χ1v) is 11.7. The summed E-state index contributed by atoms with van der Waals surface area (Å²) in [5.41, 5.74) is 2.28. The van der Waals surface area contributed by atoms with Crippen LogP contribution in [-0.2, 0) is 22.4 Å². The molecule has 0 bridgehead atoms. The van der Waals surface area contributed by atoms with Crippen LogP contribution in [0.4, 0.5) is 5.00 Å². The summed E-state index contributed by atoms with van der Waals surface area (Å²) in [5, 5.41) is 3.43. The van der Waals surface area contributed by atoms with Gasteiger partial charge in [-0.1, -0.05) is 15.9 Å². The number of ether oxygens (including phenoxy) is 2. The number of benzene rings is 1. The average molecular weight is 543 g/mol. The van der Waals surface area contributed by atoms with Crippen molar-refractivity contribution in [1.82, 2.24) is 0 Å². The summed E-state index contributed by atoms with van der Waals surface area (Å²) in [6.45, 7) is 2.08. The maximum Gasteiger partial charge on any atom is 0.341 e. The van der Waals surface area contributed by atoms with E-state index in [0.717, 1.165) is 50.6 Å². The minimum Gasteiger partial charge on any atom is -0.495 e. The zero-order chi connectivity index (χ0) is 21.0. The van der Waals surface area contributed by atoms with E-state index in [2.05, 4.69) is 37.2 Å². The van der Waals surface area contributed by atoms with Crippen molar-refractivity contribution in [3.63, 3.8) is 0 Å². The molecule has 3 rings (SSSR count). The second-order valence-corrected chi connectivity index (χ2v) is 9.34. The number of anilines is 1. The lowest BCUT2D eigenvalue weighted by atomic mass is 9.95. The van der Waals surface area contributed by atoms with E-state index in [1.54, 1.807) is 20.1 Å². The largest absolute Gasteiger partial charge is 0.495 e. The number of methoxy groups -OCH3 is 1. The summed E-state index contributed by atoms with van der Waals surface area (Å²) in [7, 11) is 1.58. The van der Waals surface area contributed by atoms with Crippen LogP contribution in [0.3, 0.4) is 0 Å². The van der Waals surface area contributed by atoms with Gasteiger partial charge < -0.3 is 14.8 Å². The lowest BCUT2D eigenvalue weighted by Gasteiger charge is -2.12. The first kappa shape index (κ1) is 22.1. The van der Waals surface area contributed by atoms with Gasteiger partial charge in [0, 0.05) is 21.0 Å². The van der Waals surface area contributed by atoms with Crippen molar-refractivity contribution in [1.29, 1.82) is 0 Å². The number of aryl methyl sites for hydroxylation is 1. The highest BCUT2D eigenvalue weighted by Crippen LogP contribution is 2.39. The van der Waals surface area contributed by atoms with Crippen molar-refractivity contribution in [2.45, 2.75) is 32.6 Å². The van der Waals surface area contributed by atoms with Crippen molar-refractivity contribution < 1.29 is 19.1 Å². The van der Waals surface area contributed by atoms with Gasteiger partial charge >= 0.3 is 5.97 Å². The Labute approximate surface area is 190 Å². The quantitative estimate of drug-likeness (QED) is 0.359. The van der Waals surface area contributed by atoms with Crippen LogP contribution in [0.1, 0.15) is 46.1 Å². The molecular formula is C21H21Br2NO4S. The molecule has 0 fully saturated rings. The molecule has 0 atom stereocenters. The lowest BCUT2D eigenvalue weighted by Crippen LogP contribution is -2.14. The van der Waals surface area contributed by atoms with Gasteiger partial charge in [0.05, 0.1) is 23.8 Å². The Morgan fingerprint density at radius 3 is 2.72 bits per heavy atom. The summed E-state index contributed by atoms with van der Waals surface area (Å²) in [5.74, 6) is -0.0490. The first-order chi connectivity index (χ1) is 13.9. The molecule has 1 N–H and O–H groups in total. The highest BCUT2D eigenvalue weighted by Gasteiger charge is 2.26. The van der Waals surface area contributed by atoms with Crippen molar-refractivity contribution in [2.75, 3.05) is 19.0 Å². The van der Waals surface area contributed by atoms with E-state index in [9.17, 15) is 9.59 Å². The summed E-state index contributed by atoms with van der Waals surface area (Å²) in [6.07, 6.45) is 7.03. The van der Waals surface area contributed by atoms with E-state index in [-0.39, 0.29) is 11.9 Å². The summed E-state index contributed by atoms with van der Waals surface area (Å²) < 4.78 is 12.3. The molecule has 0 saturated carbocycles. The van der Waals surface area contributed by atoms with Crippen LogP contribution >= 0.6 is 43.2 Å². The number of thiophene rings is 1. The van der Waals surface area contributed by atoms with E-state index in [0.29, 0.717) is 22.9 Å². The maximum absolute atomic E-state index is 12.6. The third-order valence-corrected chi connectivity index (χ3v) is 6.80. The van der Waals surface area contributed by atoms with Crippen LogP contribution in [-0.4, -0.2) is 25.6 Å². The number of carbonyl (C=O) groups excluding carboxylic acids is 2. The third-order valence-electron chi connectivity index (χ3n) is 4.54. The van der Waals surface area contributed by atoms with Gasteiger partial charge in [-0.2, -0.15) is 0 Å². The molecule has 1 amide bonds. The molecule has 0 aliphatic heterocycles. The number of nitrogens with one attached hydrogen (secondary N) is 1. The van der Waals surface area contributed by atoms with Crippen LogP contribution in [0, 0.1) is 0 Å². The van der Waals surface area contributed by atoms with E-state index in [1.165, 1.54) is 17.4 Å². The number of carbonyl (C=O) groups is 2. The highest BCUT2D eigenvalue weighted by atomic mass is 79.9. The number of halogens is 2. The Morgan fingerprint density at radius 2 is 2.00 bits per heavy atom. The molecule has 1 aromatic heterocycles. The molecule has 2 aromatic rings. The van der Waals surface area contributed by atoms with Gasteiger partial charge in [0.1, 0.15) is 10.8 Å². The van der Waals surface area contributed by atoms with Crippen molar-refractivity contribution in [3.05, 3.63) is 48.7 Å². The molecule has 0 saturated heterocycles. The Morgan fingerprint density at radius 1 is 1.24 bits per heavy atom. The Balaban J connectivity index is 1.85. The van der Waals surface area contributed by atoms with Crippen LogP contribution in [0.5, 0.6) is 5.75 Å². The topological polar surface area (TPSA) is 64.6 Å². The van der Waals surface area contributed by atoms with E-state index < -0.39 is 0 Å². The maximum atomic E-state index is 12.6. The summed E-state index contributed by atoms with van der Waals surface area (Å²) >= 11 is 8.36. The van der Waals surface area contributed by atoms with E-state index in [4.69, 9.17) is 9.47 Å². The molecule has 0 spiro atoms. The van der Waals surface area contributed by atoms with Crippen LogP contribution in [0.2, 0.25) is 0 Å². The van der Waals surface area contributed by atoms with Gasteiger partial charge in [-0.25, -0.2) is 4.79 Å². The Kier molecular flexibility index (Phi) is 7.54. The van der Waals surface area contributed by atoms with Crippen LogP contribution < -0.4 is 10.1 Å². The molecular weight excluding hydrogens is 522 g/mol. The molecule has 5 nitrogen and oxygen atoms in total. The minimum atomic E-state index is -0.372. The monoisotopic (exact) mass is 541 g/mol. The van der Waals surface area contributed by atoms with E-state index >= 15 is 0 Å². The van der Waals surface area contributed by atoms with Crippen LogP contribution in [0.25, 0.3) is 6.08 Å². The second kappa shape index (κ2) is 9.91. The lowest BCUT2D eigenvalue weighted by molar-refractivity contribution is -0.111. The fraction of sp³-hybridized carbons (Fsp3) is 0.333. The average Bonchev–Trinajstić information content (AvgIpc) is 3.04. The van der Waals surface area contributed by atoms with Crippen molar-refractivity contribution in [3.8, 4) is 5.75 Å². The molecule has 0 radical (unpaired) electrons. The molecule has 1 heterocycles. The standard InChI is InChI=1S/C21H21Br2NO4S/c1-3-28-21(26)18-14-6-4-5-7-16(14)29-20(18)24-17(25)9-8-12-10-13(22)11-15(23)19(12)27-2/h8-11H,3-7H2,1-2H3,(H,24,25)/b9-8-. The third kappa shape index (κ3) is 5.10. The molecule has 1 aliphatic rings. The number of hydrogen-bond donors (Lipinski definition) is 1.